The Balaban J connectivity index is 2.70. The Bertz CT molecular complexity index is 307. The van der Waals surface area contributed by atoms with E-state index in [1.807, 2.05) is 51.1 Å². The minimum atomic E-state index is -0.428. The Kier molecular flexibility index (Phi) is 3.18. The van der Waals surface area contributed by atoms with Gasteiger partial charge in [0.2, 0.25) is 0 Å². The highest BCUT2D eigenvalue weighted by Gasteiger charge is 2.03. The molecule has 0 aromatic heterocycles. The van der Waals surface area contributed by atoms with Crippen LogP contribution in [0.1, 0.15) is 26.3 Å². The molecule has 0 atom stereocenters. The monoisotopic (exact) mass is 191 g/mol. The fraction of sp³-hybridized carbons (Fsp3) is 0.333. The molecular formula is C12H15O2-. The van der Waals surface area contributed by atoms with Crippen LogP contribution in [0.15, 0.2) is 36.3 Å². The molecule has 0 bridgehead atoms. The molecular weight excluding hydrogens is 176 g/mol. The Morgan fingerprint density at radius 1 is 1.21 bits per heavy atom. The molecule has 0 spiro atoms. The molecule has 0 aliphatic heterocycles. The molecule has 1 aromatic rings. The predicted molar refractivity (Wildman–Crippen MR) is 55.3 cm³/mol. The van der Waals surface area contributed by atoms with Crippen molar-refractivity contribution >= 4 is 6.08 Å². The van der Waals surface area contributed by atoms with Crippen molar-refractivity contribution in [3.8, 4) is 0 Å². The summed E-state index contributed by atoms with van der Waals surface area (Å²) >= 11 is 0. The molecule has 0 fully saturated rings. The third-order valence-electron chi connectivity index (χ3n) is 1.49. The fourth-order valence-corrected chi connectivity index (χ4v) is 1.02. The van der Waals surface area contributed by atoms with Crippen LogP contribution in [0.25, 0.3) is 6.08 Å². The van der Waals surface area contributed by atoms with Gasteiger partial charge in [-0.05, 0) is 11.6 Å². The van der Waals surface area contributed by atoms with E-state index < -0.39 is 5.60 Å². The number of ether oxygens (including phenoxy) is 1. The van der Waals surface area contributed by atoms with Gasteiger partial charge in [0.1, 0.15) is 0 Å². The van der Waals surface area contributed by atoms with E-state index in [1.165, 1.54) is 6.08 Å². The van der Waals surface area contributed by atoms with Crippen molar-refractivity contribution in [2.24, 2.45) is 0 Å². The van der Waals surface area contributed by atoms with Crippen molar-refractivity contribution in [1.82, 2.24) is 0 Å². The van der Waals surface area contributed by atoms with Gasteiger partial charge < -0.3 is 9.84 Å². The summed E-state index contributed by atoms with van der Waals surface area (Å²) in [5, 5.41) is 11.4. The molecule has 0 radical (unpaired) electrons. The number of hydrogen-bond acceptors (Lipinski definition) is 2. The quantitative estimate of drug-likeness (QED) is 0.671. The van der Waals surface area contributed by atoms with Crippen LogP contribution in [0.4, 0.5) is 0 Å². The lowest BCUT2D eigenvalue weighted by atomic mass is 10.2. The minimum Gasteiger partial charge on any atom is -0.608 e. The summed E-state index contributed by atoms with van der Waals surface area (Å²) in [6.07, 6.45) is 1.49. The van der Waals surface area contributed by atoms with Gasteiger partial charge in [-0.25, -0.2) is 0 Å². The molecule has 14 heavy (non-hydrogen) atoms. The molecule has 76 valence electrons. The van der Waals surface area contributed by atoms with Crippen LogP contribution < -0.4 is 5.11 Å². The highest BCUT2D eigenvalue weighted by Crippen LogP contribution is 2.12. The van der Waals surface area contributed by atoms with Crippen molar-refractivity contribution in [1.29, 1.82) is 0 Å². The summed E-state index contributed by atoms with van der Waals surface area (Å²) < 4.78 is 5.15. The SMILES string of the molecule is CC(C)(C)O/C([O-])=C/c1ccccc1. The van der Waals surface area contributed by atoms with Gasteiger partial charge in [-0.15, -0.1) is 0 Å². The summed E-state index contributed by atoms with van der Waals surface area (Å²) in [4.78, 5) is 0. The van der Waals surface area contributed by atoms with Gasteiger partial charge in [-0.3, -0.25) is 0 Å². The van der Waals surface area contributed by atoms with Gasteiger partial charge in [-0.1, -0.05) is 51.1 Å². The van der Waals surface area contributed by atoms with E-state index in [0.29, 0.717) is 0 Å². The van der Waals surface area contributed by atoms with Crippen molar-refractivity contribution in [3.05, 3.63) is 41.8 Å². The topological polar surface area (TPSA) is 32.3 Å². The third kappa shape index (κ3) is 3.99. The molecule has 0 saturated carbocycles. The highest BCUT2D eigenvalue weighted by atomic mass is 16.6. The van der Waals surface area contributed by atoms with Crippen molar-refractivity contribution in [2.75, 3.05) is 0 Å². The fourth-order valence-electron chi connectivity index (χ4n) is 1.02. The van der Waals surface area contributed by atoms with Crippen molar-refractivity contribution in [2.45, 2.75) is 26.4 Å². The van der Waals surface area contributed by atoms with E-state index in [2.05, 4.69) is 0 Å². The van der Waals surface area contributed by atoms with E-state index in [9.17, 15) is 5.11 Å². The van der Waals surface area contributed by atoms with Gasteiger partial charge in [0.05, 0.1) is 5.95 Å². The standard InChI is InChI=1S/C12H16O2/c1-12(2,3)14-11(13)9-10-7-5-4-6-8-10/h4-9,13H,1-3H3/p-1/b11-9+. The van der Waals surface area contributed by atoms with Crippen LogP contribution in [-0.4, -0.2) is 5.60 Å². The van der Waals surface area contributed by atoms with Crippen molar-refractivity contribution < 1.29 is 9.84 Å². The van der Waals surface area contributed by atoms with Crippen LogP contribution in [-0.2, 0) is 4.74 Å². The molecule has 0 aliphatic carbocycles. The molecule has 0 aliphatic rings. The average Bonchev–Trinajstić information content (AvgIpc) is 2.02. The second kappa shape index (κ2) is 4.18. The van der Waals surface area contributed by atoms with Crippen molar-refractivity contribution in [3.63, 3.8) is 0 Å². The molecule has 0 amide bonds. The molecule has 0 N–H and O–H groups in total. The van der Waals surface area contributed by atoms with Gasteiger partial charge >= 0.3 is 0 Å². The lowest BCUT2D eigenvalue weighted by Gasteiger charge is -2.30. The Labute approximate surface area is 84.8 Å². The van der Waals surface area contributed by atoms with Crippen LogP contribution in [0, 0.1) is 0 Å². The van der Waals surface area contributed by atoms with Gasteiger partial charge in [0.15, 0.2) is 0 Å². The average molecular weight is 191 g/mol. The van der Waals surface area contributed by atoms with Crippen LogP contribution in [0.2, 0.25) is 0 Å². The van der Waals surface area contributed by atoms with Crippen LogP contribution >= 0.6 is 0 Å². The van der Waals surface area contributed by atoms with E-state index in [-0.39, 0.29) is 5.95 Å². The zero-order chi connectivity index (χ0) is 10.6. The number of hydrogen-bond donors (Lipinski definition) is 0. The van der Waals surface area contributed by atoms with E-state index >= 15 is 0 Å². The first-order valence-corrected chi connectivity index (χ1v) is 4.60. The Morgan fingerprint density at radius 3 is 2.29 bits per heavy atom. The zero-order valence-electron chi connectivity index (χ0n) is 8.78. The molecule has 1 rings (SSSR count). The van der Waals surface area contributed by atoms with Crippen LogP contribution in [0.5, 0.6) is 0 Å². The van der Waals surface area contributed by atoms with Gasteiger partial charge in [-0.2, -0.15) is 0 Å². The summed E-state index contributed by atoms with van der Waals surface area (Å²) in [6.45, 7) is 5.55. The highest BCUT2D eigenvalue weighted by molar-refractivity contribution is 5.48. The molecule has 0 heterocycles. The smallest absolute Gasteiger partial charge is 0.0523 e. The molecule has 0 unspecified atom stereocenters. The second-order valence-corrected chi connectivity index (χ2v) is 4.09. The number of rotatable bonds is 2. The number of benzene rings is 1. The van der Waals surface area contributed by atoms with E-state index in [1.54, 1.807) is 0 Å². The largest absolute Gasteiger partial charge is 0.608 e. The lowest BCUT2D eigenvalue weighted by molar-refractivity contribution is -0.366. The first-order valence-electron chi connectivity index (χ1n) is 4.60. The van der Waals surface area contributed by atoms with E-state index in [4.69, 9.17) is 4.74 Å². The molecule has 0 saturated heterocycles. The van der Waals surface area contributed by atoms with Crippen LogP contribution in [0.3, 0.4) is 0 Å². The minimum absolute atomic E-state index is 0.302. The normalized spacial score (nSPS) is 12.6. The van der Waals surface area contributed by atoms with Gasteiger partial charge in [0, 0.05) is 5.60 Å². The van der Waals surface area contributed by atoms with Gasteiger partial charge in [0.25, 0.3) is 0 Å². The first kappa shape index (κ1) is 10.6. The first-order chi connectivity index (χ1) is 6.47. The maximum atomic E-state index is 11.4. The Hall–Kier alpha value is -1.44. The predicted octanol–water partition coefficient (Wildman–Crippen LogP) is 2.16. The third-order valence-corrected chi connectivity index (χ3v) is 1.49. The lowest BCUT2D eigenvalue weighted by Crippen LogP contribution is -2.23. The zero-order valence-corrected chi connectivity index (χ0v) is 8.78. The summed E-state index contributed by atoms with van der Waals surface area (Å²) in [6, 6.07) is 9.41. The maximum Gasteiger partial charge on any atom is 0.0523 e. The van der Waals surface area contributed by atoms with E-state index in [0.717, 1.165) is 5.56 Å². The Morgan fingerprint density at radius 2 is 1.79 bits per heavy atom. The maximum absolute atomic E-state index is 11.4. The summed E-state index contributed by atoms with van der Waals surface area (Å²) in [7, 11) is 0. The molecule has 2 heteroatoms. The summed E-state index contributed by atoms with van der Waals surface area (Å²) in [5.41, 5.74) is 0.435. The molecule has 2 nitrogen and oxygen atoms in total. The second-order valence-electron chi connectivity index (χ2n) is 4.09. The summed E-state index contributed by atoms with van der Waals surface area (Å²) in [5.74, 6) is -0.302. The molecule has 1 aromatic carbocycles.